The highest BCUT2D eigenvalue weighted by atomic mass is 79.9. The molecule has 0 aromatic heterocycles. The number of rotatable bonds is 8. The molecule has 6 heteroatoms. The Morgan fingerprint density at radius 2 is 2.04 bits per heavy atom. The van der Waals surface area contributed by atoms with Crippen LogP contribution in [0, 0.1) is 6.92 Å². The Balaban J connectivity index is 2.19. The average molecular weight is 408 g/mol. The molecule has 134 valence electrons. The van der Waals surface area contributed by atoms with E-state index in [2.05, 4.69) is 21.2 Å². The second kappa shape index (κ2) is 8.76. The number of anilines is 1. The molecule has 0 aliphatic carbocycles. The van der Waals surface area contributed by atoms with E-state index >= 15 is 0 Å². The fourth-order valence-electron chi connectivity index (χ4n) is 2.36. The summed E-state index contributed by atoms with van der Waals surface area (Å²) < 4.78 is 12.0. The van der Waals surface area contributed by atoms with Gasteiger partial charge in [0.05, 0.1) is 23.8 Å². The zero-order valence-electron chi connectivity index (χ0n) is 14.6. The third-order valence-corrected chi connectivity index (χ3v) is 4.30. The molecule has 0 amide bonds. The van der Waals surface area contributed by atoms with Crippen molar-refractivity contribution < 1.29 is 19.4 Å². The van der Waals surface area contributed by atoms with Crippen molar-refractivity contribution in [3.05, 3.63) is 51.5 Å². The summed E-state index contributed by atoms with van der Waals surface area (Å²) in [5, 5.41) is 12.4. The lowest BCUT2D eigenvalue weighted by atomic mass is 10.1. The minimum atomic E-state index is -0.940. The molecule has 0 saturated carbocycles. The molecule has 0 heterocycles. The van der Waals surface area contributed by atoms with Gasteiger partial charge in [0, 0.05) is 12.2 Å². The molecule has 2 aromatic rings. The van der Waals surface area contributed by atoms with E-state index in [9.17, 15) is 4.79 Å². The number of hydrogen-bond donors (Lipinski definition) is 2. The number of carbonyl (C=O) groups is 1. The zero-order chi connectivity index (χ0) is 18.4. The van der Waals surface area contributed by atoms with Crippen LogP contribution < -0.4 is 14.8 Å². The van der Waals surface area contributed by atoms with Crippen molar-refractivity contribution >= 4 is 27.6 Å². The number of aromatic carboxylic acids is 1. The molecule has 0 radical (unpaired) electrons. The Morgan fingerprint density at radius 3 is 2.68 bits per heavy atom. The van der Waals surface area contributed by atoms with E-state index in [-0.39, 0.29) is 5.56 Å². The number of halogens is 1. The molecule has 0 saturated heterocycles. The van der Waals surface area contributed by atoms with Gasteiger partial charge in [-0.1, -0.05) is 13.0 Å². The van der Waals surface area contributed by atoms with Gasteiger partial charge in [0.1, 0.15) is 0 Å². The molecule has 25 heavy (non-hydrogen) atoms. The molecule has 0 bridgehead atoms. The molecular weight excluding hydrogens is 386 g/mol. The quantitative estimate of drug-likeness (QED) is 0.653. The summed E-state index contributed by atoms with van der Waals surface area (Å²) in [7, 11) is 1.61. The summed E-state index contributed by atoms with van der Waals surface area (Å²) >= 11 is 3.53. The van der Waals surface area contributed by atoms with Gasteiger partial charge in [-0.2, -0.15) is 0 Å². The number of ether oxygens (including phenoxy) is 2. The number of carboxylic acid groups (broad SMARTS) is 1. The maximum Gasteiger partial charge on any atom is 0.335 e. The molecule has 2 rings (SSSR count). The summed E-state index contributed by atoms with van der Waals surface area (Å²) in [5.74, 6) is 0.415. The highest BCUT2D eigenvalue weighted by molar-refractivity contribution is 9.10. The Bertz CT molecular complexity index is 761. The highest BCUT2D eigenvalue weighted by Gasteiger charge is 2.12. The molecule has 0 aliphatic heterocycles. The van der Waals surface area contributed by atoms with Gasteiger partial charge in [-0.3, -0.25) is 0 Å². The normalized spacial score (nSPS) is 10.4. The molecule has 2 aromatic carbocycles. The van der Waals surface area contributed by atoms with Crippen molar-refractivity contribution in [2.24, 2.45) is 0 Å². The van der Waals surface area contributed by atoms with E-state index in [1.807, 2.05) is 26.0 Å². The van der Waals surface area contributed by atoms with Crippen molar-refractivity contribution in [1.29, 1.82) is 0 Å². The number of methoxy groups -OCH3 is 1. The number of benzene rings is 2. The largest absolute Gasteiger partial charge is 0.493 e. The summed E-state index contributed by atoms with van der Waals surface area (Å²) in [6, 6.07) is 8.92. The Kier molecular flexibility index (Phi) is 6.70. The van der Waals surface area contributed by atoms with Crippen LogP contribution in [0.4, 0.5) is 5.69 Å². The zero-order valence-corrected chi connectivity index (χ0v) is 16.1. The lowest BCUT2D eigenvalue weighted by molar-refractivity contribution is 0.0697. The maximum atomic E-state index is 11.1. The Morgan fingerprint density at radius 1 is 1.28 bits per heavy atom. The van der Waals surface area contributed by atoms with Crippen molar-refractivity contribution in [2.75, 3.05) is 19.0 Å². The third-order valence-electron chi connectivity index (χ3n) is 3.71. The number of aryl methyl sites for hydroxylation is 1. The number of carboxylic acids is 1. The van der Waals surface area contributed by atoms with Crippen LogP contribution in [-0.2, 0) is 6.54 Å². The minimum Gasteiger partial charge on any atom is -0.493 e. The monoisotopic (exact) mass is 407 g/mol. The molecule has 0 unspecified atom stereocenters. The minimum absolute atomic E-state index is 0.259. The van der Waals surface area contributed by atoms with Crippen molar-refractivity contribution in [2.45, 2.75) is 26.8 Å². The molecule has 0 aliphatic rings. The summed E-state index contributed by atoms with van der Waals surface area (Å²) in [5.41, 5.74) is 3.03. The van der Waals surface area contributed by atoms with Crippen LogP contribution in [0.25, 0.3) is 0 Å². The molecule has 5 nitrogen and oxygen atoms in total. The van der Waals surface area contributed by atoms with E-state index in [1.54, 1.807) is 25.3 Å². The fraction of sp³-hybridized carbons (Fsp3) is 0.316. The first kappa shape index (κ1) is 19.1. The SMILES string of the molecule is CCCOc1c(Br)cc(CNc2cc(C(=O)O)ccc2C)cc1OC. The fourth-order valence-corrected chi connectivity index (χ4v) is 2.97. The molecular formula is C19H22BrNO4. The van der Waals surface area contributed by atoms with E-state index in [1.165, 1.54) is 0 Å². The van der Waals surface area contributed by atoms with E-state index in [0.29, 0.717) is 24.7 Å². The predicted molar refractivity (Wildman–Crippen MR) is 102 cm³/mol. The van der Waals surface area contributed by atoms with Gasteiger partial charge in [0.2, 0.25) is 0 Å². The van der Waals surface area contributed by atoms with Gasteiger partial charge in [-0.15, -0.1) is 0 Å². The van der Waals surface area contributed by atoms with Gasteiger partial charge < -0.3 is 19.9 Å². The van der Waals surface area contributed by atoms with E-state index in [0.717, 1.165) is 27.7 Å². The van der Waals surface area contributed by atoms with Crippen LogP contribution in [0.2, 0.25) is 0 Å². The van der Waals surface area contributed by atoms with Crippen molar-refractivity contribution in [3.8, 4) is 11.5 Å². The molecule has 2 N–H and O–H groups in total. The van der Waals surface area contributed by atoms with Gasteiger partial charge in [-0.05, 0) is 64.7 Å². The van der Waals surface area contributed by atoms with Crippen LogP contribution in [0.3, 0.4) is 0 Å². The Labute approximate surface area is 156 Å². The maximum absolute atomic E-state index is 11.1. The van der Waals surface area contributed by atoms with Crippen molar-refractivity contribution in [3.63, 3.8) is 0 Å². The number of hydrogen-bond acceptors (Lipinski definition) is 4. The first-order chi connectivity index (χ1) is 12.0. The van der Waals surface area contributed by atoms with Crippen LogP contribution >= 0.6 is 15.9 Å². The molecule has 0 spiro atoms. The second-order valence-electron chi connectivity index (χ2n) is 5.65. The lowest BCUT2D eigenvalue weighted by Gasteiger charge is -2.15. The van der Waals surface area contributed by atoms with Crippen LogP contribution in [0.1, 0.15) is 34.8 Å². The van der Waals surface area contributed by atoms with Crippen LogP contribution in [0.5, 0.6) is 11.5 Å². The summed E-state index contributed by atoms with van der Waals surface area (Å²) in [6.07, 6.45) is 0.915. The predicted octanol–water partition coefficient (Wildman–Crippen LogP) is 4.87. The highest BCUT2D eigenvalue weighted by Crippen LogP contribution is 2.37. The standard InChI is InChI=1S/C19H22BrNO4/c1-4-7-25-18-15(20)8-13(9-17(18)24-3)11-21-16-10-14(19(22)23)6-5-12(16)2/h5-6,8-10,21H,4,7,11H2,1-3H3,(H,22,23). The third kappa shape index (κ3) is 4.89. The first-order valence-electron chi connectivity index (χ1n) is 8.03. The smallest absolute Gasteiger partial charge is 0.335 e. The average Bonchev–Trinajstić information content (AvgIpc) is 2.59. The number of nitrogens with one attached hydrogen (secondary N) is 1. The summed E-state index contributed by atoms with van der Waals surface area (Å²) in [4.78, 5) is 11.1. The van der Waals surface area contributed by atoms with Gasteiger partial charge in [0.15, 0.2) is 11.5 Å². The summed E-state index contributed by atoms with van der Waals surface area (Å²) in [6.45, 7) is 5.14. The second-order valence-corrected chi connectivity index (χ2v) is 6.50. The molecule has 0 fully saturated rings. The van der Waals surface area contributed by atoms with Gasteiger partial charge in [0.25, 0.3) is 0 Å². The van der Waals surface area contributed by atoms with E-state index in [4.69, 9.17) is 14.6 Å². The molecule has 0 atom stereocenters. The van der Waals surface area contributed by atoms with Crippen molar-refractivity contribution in [1.82, 2.24) is 0 Å². The van der Waals surface area contributed by atoms with E-state index < -0.39 is 5.97 Å². The van der Waals surface area contributed by atoms with Gasteiger partial charge in [-0.25, -0.2) is 4.79 Å². The Hall–Kier alpha value is -2.21. The van der Waals surface area contributed by atoms with Crippen LogP contribution in [-0.4, -0.2) is 24.8 Å². The first-order valence-corrected chi connectivity index (χ1v) is 8.82. The van der Waals surface area contributed by atoms with Crippen LogP contribution in [0.15, 0.2) is 34.8 Å². The topological polar surface area (TPSA) is 67.8 Å². The van der Waals surface area contributed by atoms with Gasteiger partial charge >= 0.3 is 5.97 Å². The lowest BCUT2D eigenvalue weighted by Crippen LogP contribution is -2.05.